The Hall–Kier alpha value is -1.24. The lowest BCUT2D eigenvalue weighted by atomic mass is 9.85. The lowest BCUT2D eigenvalue weighted by Crippen LogP contribution is -2.41. The molecular formula is C15H19BO2. The highest BCUT2D eigenvalue weighted by Gasteiger charge is 2.50. The van der Waals surface area contributed by atoms with Crippen LogP contribution in [-0.4, -0.2) is 18.3 Å². The Balaban J connectivity index is 1.96. The summed E-state index contributed by atoms with van der Waals surface area (Å²) in [6.45, 7) is 8.21. The molecule has 0 saturated carbocycles. The molecule has 1 aromatic carbocycles. The molecule has 0 aliphatic carbocycles. The van der Waals surface area contributed by atoms with Gasteiger partial charge in [0.05, 0.1) is 11.2 Å². The number of hydrogen-bond acceptors (Lipinski definition) is 2. The van der Waals surface area contributed by atoms with Crippen molar-refractivity contribution < 1.29 is 9.31 Å². The molecule has 1 fully saturated rings. The van der Waals surface area contributed by atoms with Gasteiger partial charge in [0, 0.05) is 11.9 Å². The van der Waals surface area contributed by atoms with E-state index in [0.29, 0.717) is 6.32 Å². The van der Waals surface area contributed by atoms with Crippen molar-refractivity contribution in [2.24, 2.45) is 0 Å². The minimum absolute atomic E-state index is 0.230. The molecule has 0 N–H and O–H groups in total. The van der Waals surface area contributed by atoms with Crippen LogP contribution in [0.1, 0.15) is 33.3 Å². The smallest absolute Gasteiger partial charge is 0.403 e. The summed E-state index contributed by atoms with van der Waals surface area (Å²) in [7, 11) is -0.230. The van der Waals surface area contributed by atoms with E-state index in [1.165, 1.54) is 0 Å². The second kappa shape index (κ2) is 4.80. The molecule has 0 aromatic heterocycles. The minimum atomic E-state index is -0.272. The fraction of sp³-hybridized carbons (Fsp3) is 0.467. The average molecular weight is 242 g/mol. The molecule has 18 heavy (non-hydrogen) atoms. The highest BCUT2D eigenvalue weighted by atomic mass is 16.7. The van der Waals surface area contributed by atoms with Crippen LogP contribution in [0.4, 0.5) is 0 Å². The molecule has 1 aliphatic rings. The Labute approximate surface area is 110 Å². The molecule has 1 saturated heterocycles. The van der Waals surface area contributed by atoms with Crippen molar-refractivity contribution >= 4 is 7.12 Å². The lowest BCUT2D eigenvalue weighted by molar-refractivity contribution is 0.00578. The van der Waals surface area contributed by atoms with E-state index in [-0.39, 0.29) is 18.3 Å². The maximum atomic E-state index is 5.88. The van der Waals surface area contributed by atoms with Crippen LogP contribution in [0, 0.1) is 11.8 Å². The monoisotopic (exact) mass is 242 g/mol. The van der Waals surface area contributed by atoms with E-state index < -0.39 is 0 Å². The van der Waals surface area contributed by atoms with Gasteiger partial charge in [-0.2, -0.15) is 0 Å². The molecule has 0 radical (unpaired) electrons. The zero-order valence-electron chi connectivity index (χ0n) is 11.5. The van der Waals surface area contributed by atoms with Crippen LogP contribution in [0.25, 0.3) is 0 Å². The van der Waals surface area contributed by atoms with Crippen LogP contribution in [0.3, 0.4) is 0 Å². The van der Waals surface area contributed by atoms with E-state index in [4.69, 9.17) is 9.31 Å². The van der Waals surface area contributed by atoms with Crippen LogP contribution >= 0.6 is 0 Å². The Morgan fingerprint density at radius 3 is 2.11 bits per heavy atom. The average Bonchev–Trinajstić information content (AvgIpc) is 2.49. The summed E-state index contributed by atoms with van der Waals surface area (Å²) in [6.07, 6.45) is 0.599. The molecule has 2 nitrogen and oxygen atoms in total. The van der Waals surface area contributed by atoms with E-state index in [2.05, 4.69) is 39.5 Å². The molecule has 0 unspecified atom stereocenters. The first-order chi connectivity index (χ1) is 8.41. The predicted octanol–water partition coefficient (Wildman–Crippen LogP) is 3.13. The second-order valence-corrected chi connectivity index (χ2v) is 5.56. The molecule has 1 heterocycles. The quantitative estimate of drug-likeness (QED) is 0.556. The Morgan fingerprint density at radius 1 is 1.00 bits per heavy atom. The van der Waals surface area contributed by atoms with Crippen molar-refractivity contribution in [3.8, 4) is 11.8 Å². The molecule has 3 heteroatoms. The Bertz CT molecular complexity index is 452. The molecule has 94 valence electrons. The minimum Gasteiger partial charge on any atom is -0.403 e. The molecule has 0 atom stereocenters. The van der Waals surface area contributed by atoms with Crippen molar-refractivity contribution in [2.75, 3.05) is 0 Å². The molecule has 2 rings (SSSR count). The molecule has 1 aromatic rings. The van der Waals surface area contributed by atoms with Gasteiger partial charge in [0.25, 0.3) is 0 Å². The Kier molecular flexibility index (Phi) is 3.52. The highest BCUT2D eigenvalue weighted by Crippen LogP contribution is 2.37. The van der Waals surface area contributed by atoms with Gasteiger partial charge in [-0.05, 0) is 39.8 Å². The standard InChI is InChI=1S/C15H19BO2/c1-14(2)15(3,4)18-16(17-14)12-8-11-13-9-6-5-7-10-13/h5-7,9-10H,12H2,1-4H3. The van der Waals surface area contributed by atoms with E-state index in [1.54, 1.807) is 0 Å². The summed E-state index contributed by atoms with van der Waals surface area (Å²) in [6, 6.07) is 9.95. The normalized spacial score (nSPS) is 20.3. The van der Waals surface area contributed by atoms with Gasteiger partial charge in [0.1, 0.15) is 0 Å². The first-order valence-corrected chi connectivity index (χ1v) is 6.30. The number of benzene rings is 1. The van der Waals surface area contributed by atoms with Gasteiger partial charge in [-0.15, -0.1) is 5.92 Å². The van der Waals surface area contributed by atoms with Gasteiger partial charge in [-0.1, -0.05) is 24.1 Å². The van der Waals surface area contributed by atoms with Crippen LogP contribution in [0.5, 0.6) is 0 Å². The molecule has 0 spiro atoms. The maximum Gasteiger partial charge on any atom is 0.470 e. The zero-order valence-corrected chi connectivity index (χ0v) is 11.5. The van der Waals surface area contributed by atoms with Crippen molar-refractivity contribution in [2.45, 2.75) is 45.2 Å². The fourth-order valence-corrected chi connectivity index (χ4v) is 1.81. The molecule has 0 amide bonds. The summed E-state index contributed by atoms with van der Waals surface area (Å²) >= 11 is 0. The summed E-state index contributed by atoms with van der Waals surface area (Å²) in [5.74, 6) is 6.24. The largest absolute Gasteiger partial charge is 0.470 e. The third kappa shape index (κ3) is 2.77. The zero-order chi connectivity index (χ0) is 13.2. The number of rotatable bonds is 1. The van der Waals surface area contributed by atoms with Crippen LogP contribution in [0.15, 0.2) is 30.3 Å². The van der Waals surface area contributed by atoms with Gasteiger partial charge in [0.2, 0.25) is 0 Å². The van der Waals surface area contributed by atoms with Crippen LogP contribution in [-0.2, 0) is 9.31 Å². The summed E-state index contributed by atoms with van der Waals surface area (Å²) in [5, 5.41) is 0. The molecular weight excluding hydrogens is 223 g/mol. The van der Waals surface area contributed by atoms with Gasteiger partial charge in [-0.25, -0.2) is 0 Å². The van der Waals surface area contributed by atoms with E-state index in [9.17, 15) is 0 Å². The van der Waals surface area contributed by atoms with Gasteiger partial charge < -0.3 is 9.31 Å². The molecule has 0 bridgehead atoms. The third-order valence-corrected chi connectivity index (χ3v) is 3.58. The van der Waals surface area contributed by atoms with Gasteiger partial charge >= 0.3 is 7.12 Å². The summed E-state index contributed by atoms with van der Waals surface area (Å²) < 4.78 is 11.8. The predicted molar refractivity (Wildman–Crippen MR) is 74.2 cm³/mol. The second-order valence-electron chi connectivity index (χ2n) is 5.56. The first-order valence-electron chi connectivity index (χ1n) is 6.30. The topological polar surface area (TPSA) is 18.5 Å². The van der Waals surface area contributed by atoms with E-state index >= 15 is 0 Å². The van der Waals surface area contributed by atoms with Crippen molar-refractivity contribution in [3.63, 3.8) is 0 Å². The van der Waals surface area contributed by atoms with Crippen molar-refractivity contribution in [3.05, 3.63) is 35.9 Å². The SMILES string of the molecule is CC1(C)OB(CC#Cc2ccccc2)OC1(C)C. The Morgan fingerprint density at radius 2 is 1.56 bits per heavy atom. The fourth-order valence-electron chi connectivity index (χ4n) is 1.81. The van der Waals surface area contributed by atoms with Crippen LogP contribution in [0.2, 0.25) is 6.32 Å². The van der Waals surface area contributed by atoms with E-state index in [0.717, 1.165) is 5.56 Å². The van der Waals surface area contributed by atoms with Crippen molar-refractivity contribution in [1.29, 1.82) is 0 Å². The third-order valence-electron chi connectivity index (χ3n) is 3.58. The highest BCUT2D eigenvalue weighted by molar-refractivity contribution is 6.46. The van der Waals surface area contributed by atoms with Gasteiger partial charge in [0.15, 0.2) is 0 Å². The summed E-state index contributed by atoms with van der Waals surface area (Å²) in [5.41, 5.74) is 0.479. The maximum absolute atomic E-state index is 5.88. The first kappa shape index (κ1) is 13.2. The van der Waals surface area contributed by atoms with Crippen molar-refractivity contribution in [1.82, 2.24) is 0 Å². The molecule has 1 aliphatic heterocycles. The van der Waals surface area contributed by atoms with E-state index in [1.807, 2.05) is 30.3 Å². The summed E-state index contributed by atoms with van der Waals surface area (Å²) in [4.78, 5) is 0. The van der Waals surface area contributed by atoms with Crippen LogP contribution < -0.4 is 0 Å². The lowest BCUT2D eigenvalue weighted by Gasteiger charge is -2.32. The number of hydrogen-bond donors (Lipinski definition) is 0. The van der Waals surface area contributed by atoms with Gasteiger partial charge in [-0.3, -0.25) is 0 Å².